The van der Waals surface area contributed by atoms with Gasteiger partial charge in [0, 0.05) is 12.8 Å². The van der Waals surface area contributed by atoms with Crippen LogP contribution >= 0.6 is 7.82 Å². The van der Waals surface area contributed by atoms with Crippen LogP contribution in [0.25, 0.3) is 0 Å². The molecule has 0 rings (SSSR count). The van der Waals surface area contributed by atoms with E-state index in [2.05, 4.69) is 18.4 Å². The SMILES string of the molecule is CCCCCCCCCCCCCCCCCCCC(=O)OC[C@H](COP(=O)(O)OC[C@H](N)C(=O)O)OC(=O)CCCCCCCCCCCCCCC. The summed E-state index contributed by atoms with van der Waals surface area (Å²) >= 11 is 0. The van der Waals surface area contributed by atoms with Crippen molar-refractivity contribution in [1.82, 2.24) is 0 Å². The Labute approximate surface area is 329 Å². The molecule has 0 amide bonds. The Morgan fingerprint density at radius 2 is 0.815 bits per heavy atom. The molecule has 54 heavy (non-hydrogen) atoms. The lowest BCUT2D eigenvalue weighted by atomic mass is 10.0. The number of carboxylic acids is 1. The molecular weight excluding hydrogens is 709 g/mol. The Bertz CT molecular complexity index is 937. The number of ether oxygens (including phenoxy) is 2. The van der Waals surface area contributed by atoms with Gasteiger partial charge in [-0.25, -0.2) is 4.57 Å². The summed E-state index contributed by atoms with van der Waals surface area (Å²) in [5, 5.41) is 8.88. The van der Waals surface area contributed by atoms with E-state index in [4.69, 9.17) is 24.8 Å². The topological polar surface area (TPSA) is 172 Å². The van der Waals surface area contributed by atoms with Crippen LogP contribution in [0.2, 0.25) is 0 Å². The van der Waals surface area contributed by atoms with E-state index in [1.807, 2.05) is 0 Å². The number of esters is 2. The van der Waals surface area contributed by atoms with E-state index in [0.717, 1.165) is 38.5 Å². The number of hydrogen-bond acceptors (Lipinski definition) is 9. The minimum absolute atomic E-state index is 0.169. The quantitative estimate of drug-likeness (QED) is 0.0305. The molecule has 320 valence electrons. The third kappa shape index (κ3) is 37.4. The average Bonchev–Trinajstić information content (AvgIpc) is 3.14. The van der Waals surface area contributed by atoms with Gasteiger partial charge in [0.15, 0.2) is 6.10 Å². The molecule has 0 aliphatic carbocycles. The Balaban J connectivity index is 4.29. The number of carboxylic acid groups (broad SMARTS) is 1. The van der Waals surface area contributed by atoms with Crippen molar-refractivity contribution in [2.24, 2.45) is 5.73 Å². The minimum Gasteiger partial charge on any atom is -0.480 e. The maximum absolute atomic E-state index is 12.6. The van der Waals surface area contributed by atoms with Gasteiger partial charge in [0.1, 0.15) is 12.6 Å². The van der Waals surface area contributed by atoms with Crippen LogP contribution in [0.1, 0.15) is 219 Å². The molecule has 0 saturated carbocycles. The lowest BCUT2D eigenvalue weighted by Gasteiger charge is -2.20. The van der Waals surface area contributed by atoms with E-state index in [-0.39, 0.29) is 19.4 Å². The molecule has 0 aliphatic heterocycles. The number of carbonyl (C=O) groups is 3. The third-order valence-corrected chi connectivity index (χ3v) is 10.8. The predicted molar refractivity (Wildman–Crippen MR) is 217 cm³/mol. The van der Waals surface area contributed by atoms with Crippen LogP contribution < -0.4 is 5.73 Å². The number of nitrogens with two attached hydrogens (primary N) is 1. The first-order valence-corrected chi connectivity index (χ1v) is 23.6. The number of rotatable bonds is 42. The summed E-state index contributed by atoms with van der Waals surface area (Å²) in [6, 6.07) is -1.52. The van der Waals surface area contributed by atoms with E-state index in [1.54, 1.807) is 0 Å². The fourth-order valence-electron chi connectivity index (χ4n) is 6.36. The zero-order valence-electron chi connectivity index (χ0n) is 34.6. The summed E-state index contributed by atoms with van der Waals surface area (Å²) in [7, 11) is -4.71. The molecule has 0 radical (unpaired) electrons. The first-order chi connectivity index (χ1) is 26.1. The highest BCUT2D eigenvalue weighted by Crippen LogP contribution is 2.43. The molecule has 0 aliphatic rings. The monoisotopic (exact) mass is 792 g/mol. The highest BCUT2D eigenvalue weighted by molar-refractivity contribution is 7.47. The fourth-order valence-corrected chi connectivity index (χ4v) is 7.14. The van der Waals surface area contributed by atoms with Gasteiger partial charge in [-0.05, 0) is 12.8 Å². The van der Waals surface area contributed by atoms with Crippen molar-refractivity contribution in [2.45, 2.75) is 231 Å². The van der Waals surface area contributed by atoms with Crippen molar-refractivity contribution in [1.29, 1.82) is 0 Å². The highest BCUT2D eigenvalue weighted by Gasteiger charge is 2.28. The second kappa shape index (κ2) is 38.4. The van der Waals surface area contributed by atoms with Gasteiger partial charge in [0.2, 0.25) is 0 Å². The Kier molecular flexibility index (Phi) is 37.3. The van der Waals surface area contributed by atoms with Crippen LogP contribution in [0.4, 0.5) is 0 Å². The number of carbonyl (C=O) groups excluding carboxylic acids is 2. The summed E-state index contributed by atoms with van der Waals surface area (Å²) in [6.45, 7) is 2.83. The van der Waals surface area contributed by atoms with Crippen LogP contribution in [-0.2, 0) is 37.5 Å². The highest BCUT2D eigenvalue weighted by atomic mass is 31.2. The molecule has 0 aromatic heterocycles. The Morgan fingerprint density at radius 1 is 0.500 bits per heavy atom. The van der Waals surface area contributed by atoms with Gasteiger partial charge in [-0.15, -0.1) is 0 Å². The Hall–Kier alpha value is -1.52. The van der Waals surface area contributed by atoms with Crippen molar-refractivity contribution in [3.8, 4) is 0 Å². The molecule has 3 atom stereocenters. The summed E-state index contributed by atoms with van der Waals surface area (Å²) in [5.41, 5.74) is 5.33. The Morgan fingerprint density at radius 3 is 1.17 bits per heavy atom. The maximum Gasteiger partial charge on any atom is 0.472 e. The second-order valence-corrected chi connectivity index (χ2v) is 16.7. The molecule has 0 saturated heterocycles. The fraction of sp³-hybridized carbons (Fsp3) is 0.929. The normalized spacial score (nSPS) is 13.7. The van der Waals surface area contributed by atoms with Crippen LogP contribution in [0.3, 0.4) is 0 Å². The zero-order valence-corrected chi connectivity index (χ0v) is 35.5. The maximum atomic E-state index is 12.6. The van der Waals surface area contributed by atoms with Crippen molar-refractivity contribution >= 4 is 25.7 Å². The number of phosphoric acid groups is 1. The average molecular weight is 792 g/mol. The summed E-state index contributed by atoms with van der Waals surface area (Å²) in [5.74, 6) is -2.36. The van der Waals surface area contributed by atoms with Crippen LogP contribution in [-0.4, -0.2) is 59.9 Å². The summed E-state index contributed by atoms with van der Waals surface area (Å²) in [4.78, 5) is 45.9. The largest absolute Gasteiger partial charge is 0.480 e. The molecule has 0 heterocycles. The molecule has 12 heteroatoms. The molecule has 1 unspecified atom stereocenters. The van der Waals surface area contributed by atoms with Crippen molar-refractivity contribution in [2.75, 3.05) is 19.8 Å². The molecule has 0 aromatic rings. The first kappa shape index (κ1) is 52.5. The van der Waals surface area contributed by atoms with Crippen LogP contribution in [0.15, 0.2) is 0 Å². The number of unbranched alkanes of at least 4 members (excludes halogenated alkanes) is 28. The van der Waals surface area contributed by atoms with Gasteiger partial charge in [0.25, 0.3) is 0 Å². The number of hydrogen-bond donors (Lipinski definition) is 3. The van der Waals surface area contributed by atoms with Gasteiger partial charge in [-0.3, -0.25) is 23.4 Å². The number of aliphatic carboxylic acids is 1. The van der Waals surface area contributed by atoms with E-state index in [1.165, 1.54) is 141 Å². The van der Waals surface area contributed by atoms with E-state index in [9.17, 15) is 23.8 Å². The smallest absolute Gasteiger partial charge is 0.472 e. The zero-order chi connectivity index (χ0) is 40.0. The van der Waals surface area contributed by atoms with Gasteiger partial charge < -0.3 is 25.2 Å². The van der Waals surface area contributed by atoms with E-state index >= 15 is 0 Å². The van der Waals surface area contributed by atoms with Crippen LogP contribution in [0.5, 0.6) is 0 Å². The molecular formula is C42H82NO10P. The lowest BCUT2D eigenvalue weighted by Crippen LogP contribution is -2.34. The second-order valence-electron chi connectivity index (χ2n) is 15.2. The van der Waals surface area contributed by atoms with E-state index < -0.39 is 51.1 Å². The van der Waals surface area contributed by atoms with Crippen molar-refractivity contribution in [3.05, 3.63) is 0 Å². The van der Waals surface area contributed by atoms with Gasteiger partial charge in [-0.2, -0.15) is 0 Å². The van der Waals surface area contributed by atoms with Gasteiger partial charge >= 0.3 is 25.7 Å². The lowest BCUT2D eigenvalue weighted by molar-refractivity contribution is -0.161. The van der Waals surface area contributed by atoms with E-state index in [0.29, 0.717) is 12.8 Å². The van der Waals surface area contributed by atoms with Crippen molar-refractivity contribution in [3.63, 3.8) is 0 Å². The van der Waals surface area contributed by atoms with Gasteiger partial charge in [-0.1, -0.05) is 194 Å². The summed E-state index contributed by atoms with van der Waals surface area (Å²) in [6.07, 6.45) is 35.9. The minimum atomic E-state index is -4.71. The number of phosphoric ester groups is 1. The molecule has 0 aromatic carbocycles. The standard InChI is InChI=1S/C42H82NO10P/c1-3-5-7-9-11-13-15-17-18-19-20-22-23-25-27-29-31-33-40(44)50-35-38(36-51-54(48,49)52-37-39(43)42(46)47)53-41(45)34-32-30-28-26-24-21-16-14-12-10-8-6-4-2/h38-39H,3-37,43H2,1-2H3,(H,46,47)(H,48,49)/t38-,39+/m1/s1. The molecule has 0 fully saturated rings. The van der Waals surface area contributed by atoms with Crippen molar-refractivity contribution < 1.29 is 47.5 Å². The van der Waals surface area contributed by atoms with Crippen LogP contribution in [0, 0.1) is 0 Å². The van der Waals surface area contributed by atoms with Gasteiger partial charge in [0.05, 0.1) is 13.2 Å². The predicted octanol–water partition coefficient (Wildman–Crippen LogP) is 11.5. The molecule has 0 bridgehead atoms. The first-order valence-electron chi connectivity index (χ1n) is 22.1. The molecule has 0 spiro atoms. The molecule has 4 N–H and O–H groups in total. The summed E-state index contributed by atoms with van der Waals surface area (Å²) < 4.78 is 32.7. The molecule has 11 nitrogen and oxygen atoms in total. The third-order valence-electron chi connectivity index (χ3n) is 9.86.